The van der Waals surface area contributed by atoms with E-state index in [1.165, 1.54) is 32.6 Å². The molecule has 66 heavy (non-hydrogen) atoms. The number of hydrogen-bond acceptors (Lipinski definition) is 8. The average Bonchev–Trinajstić information content (AvgIpc) is 4.01. The Morgan fingerprint density at radius 2 is 1.15 bits per heavy atom. The molecule has 13 heteroatoms. The number of rotatable bonds is 13. The lowest BCUT2D eigenvalue weighted by Crippen LogP contribution is -2.42. The minimum Gasteiger partial charge on any atom is -0.465 e. The van der Waals surface area contributed by atoms with Crippen LogP contribution in [0.3, 0.4) is 0 Å². The first-order valence-corrected chi connectivity index (χ1v) is 23.8. The lowest BCUT2D eigenvalue weighted by atomic mass is 9.96. The summed E-state index contributed by atoms with van der Waals surface area (Å²) in [7, 11) is 2.77. The van der Waals surface area contributed by atoms with Crippen molar-refractivity contribution in [3.63, 3.8) is 0 Å². The van der Waals surface area contributed by atoms with E-state index < -0.39 is 0 Å². The van der Waals surface area contributed by atoms with E-state index in [4.69, 9.17) is 4.74 Å². The van der Waals surface area contributed by atoms with E-state index >= 15 is 0 Å². The standard InChI is InChI=1S/C26H31N3O3.C17H23N3O.C9H9BrO2.CH4/c1-3-29(25(30)24-15-22-8-4-5-9-23(22)27-24)18-20-7-6-14-28(17-20)16-19-10-12-21(13-11-19)26(31)32-2;1-2-20(12-13-6-5-9-18-11-13)17(21)16-10-14-7-3-4-8-15(14)19-16;1-12-9(11)8-4-2-7(6-10)3-5-8;/h4-5,8-13,15,20,27H,3,6-7,14,16-18H2,1-2H3;3-4,7-8,10,13,18-19H,2,5-6,9,11-12H2,1H3;2-5H,6H2,1H3;1H4. The van der Waals surface area contributed by atoms with Gasteiger partial charge >= 0.3 is 11.9 Å². The first-order chi connectivity index (χ1) is 31.6. The molecule has 3 N–H and O–H groups in total. The van der Waals surface area contributed by atoms with E-state index in [0.29, 0.717) is 40.9 Å². The second-order valence-corrected chi connectivity index (χ2v) is 17.3. The summed E-state index contributed by atoms with van der Waals surface area (Å²) in [5.74, 6) is 0.599. The SMILES string of the molecule is C.CCN(CC1CCCN(Cc2ccc(C(=O)OC)cc2)C1)C(=O)c1cc2ccccc2[nH]1.CCN(CC1CCCNC1)C(=O)c1cc2ccccc2[nH]1.COC(=O)c1ccc(CBr)cc1. The van der Waals surface area contributed by atoms with Gasteiger partial charge in [0.1, 0.15) is 11.4 Å². The highest BCUT2D eigenvalue weighted by Gasteiger charge is 2.26. The van der Waals surface area contributed by atoms with Crippen LogP contribution in [0.4, 0.5) is 0 Å². The summed E-state index contributed by atoms with van der Waals surface area (Å²) >= 11 is 3.32. The largest absolute Gasteiger partial charge is 0.465 e. The fourth-order valence-corrected chi connectivity index (χ4v) is 8.92. The highest BCUT2D eigenvalue weighted by atomic mass is 79.9. The van der Waals surface area contributed by atoms with Gasteiger partial charge in [0.05, 0.1) is 25.3 Å². The monoisotopic (exact) mass is 962 g/mol. The molecule has 2 aliphatic rings. The van der Waals surface area contributed by atoms with Crippen LogP contribution in [0.15, 0.2) is 109 Å². The summed E-state index contributed by atoms with van der Waals surface area (Å²) in [6, 6.07) is 34.8. The van der Waals surface area contributed by atoms with E-state index in [1.807, 2.05) is 114 Å². The van der Waals surface area contributed by atoms with Crippen molar-refractivity contribution >= 4 is 61.5 Å². The number of hydrogen-bond donors (Lipinski definition) is 3. The maximum atomic E-state index is 13.1. The molecule has 8 rings (SSSR count). The van der Waals surface area contributed by atoms with E-state index in [-0.39, 0.29) is 31.2 Å². The van der Waals surface area contributed by atoms with Gasteiger partial charge in [0.25, 0.3) is 11.8 Å². The van der Waals surface area contributed by atoms with Crippen molar-refractivity contribution in [1.29, 1.82) is 0 Å². The summed E-state index contributed by atoms with van der Waals surface area (Å²) in [5.41, 5.74) is 6.85. The number of esters is 2. The Bertz CT molecular complexity index is 2390. The third-order valence-corrected chi connectivity index (χ3v) is 12.8. The number of carbonyl (C=O) groups is 4. The number of halogens is 1. The van der Waals surface area contributed by atoms with Crippen molar-refractivity contribution in [1.82, 2.24) is 30.0 Å². The number of H-pyrrole nitrogens is 2. The van der Waals surface area contributed by atoms with Crippen LogP contribution >= 0.6 is 15.9 Å². The molecule has 2 atom stereocenters. The minimum atomic E-state index is -0.311. The van der Waals surface area contributed by atoms with Crippen molar-refractivity contribution in [2.45, 2.75) is 58.8 Å². The Kier molecular flexibility index (Phi) is 20.0. The molecule has 0 saturated carbocycles. The van der Waals surface area contributed by atoms with Gasteiger partial charge in [0.2, 0.25) is 0 Å². The fraction of sp³-hybridized carbons (Fsp3) is 0.396. The molecule has 4 heterocycles. The second kappa shape index (κ2) is 25.8. The van der Waals surface area contributed by atoms with E-state index in [9.17, 15) is 19.2 Å². The predicted octanol–water partition coefficient (Wildman–Crippen LogP) is 9.96. The van der Waals surface area contributed by atoms with Gasteiger partial charge in [0.15, 0.2) is 0 Å². The molecule has 0 bridgehead atoms. The Hall–Kier alpha value is -5.76. The smallest absolute Gasteiger partial charge is 0.337 e. The van der Waals surface area contributed by atoms with Crippen molar-refractivity contribution in [3.05, 3.63) is 143 Å². The zero-order valence-corrected chi connectivity index (χ0v) is 39.7. The van der Waals surface area contributed by atoms with Crippen molar-refractivity contribution in [2.24, 2.45) is 11.8 Å². The third-order valence-electron chi connectivity index (χ3n) is 12.1. The Labute approximate surface area is 398 Å². The van der Waals surface area contributed by atoms with Crippen LogP contribution in [-0.2, 0) is 21.3 Å². The maximum absolute atomic E-state index is 13.1. The van der Waals surface area contributed by atoms with Gasteiger partial charge in [-0.25, -0.2) is 9.59 Å². The molecule has 352 valence electrons. The molecule has 2 aromatic heterocycles. The van der Waals surface area contributed by atoms with Gasteiger partial charge in [-0.15, -0.1) is 0 Å². The number of methoxy groups -OCH3 is 2. The van der Waals surface area contributed by atoms with Crippen LogP contribution in [0.2, 0.25) is 0 Å². The number of amides is 2. The summed E-state index contributed by atoms with van der Waals surface area (Å²) in [5, 5.41) is 6.38. The van der Waals surface area contributed by atoms with Crippen LogP contribution in [0, 0.1) is 11.8 Å². The molecule has 0 spiro atoms. The highest BCUT2D eigenvalue weighted by molar-refractivity contribution is 9.08. The maximum Gasteiger partial charge on any atom is 0.337 e. The zero-order valence-electron chi connectivity index (χ0n) is 38.1. The van der Waals surface area contributed by atoms with Gasteiger partial charge in [-0.3, -0.25) is 14.5 Å². The summed E-state index contributed by atoms with van der Waals surface area (Å²) < 4.78 is 9.33. The van der Waals surface area contributed by atoms with Gasteiger partial charge in [-0.05, 0) is 131 Å². The second-order valence-electron chi connectivity index (χ2n) is 16.7. The predicted molar refractivity (Wildman–Crippen MR) is 268 cm³/mol. The molecule has 2 fully saturated rings. The number of aromatic nitrogens is 2. The summed E-state index contributed by atoms with van der Waals surface area (Å²) in [6.45, 7) is 12.2. The number of fused-ring (bicyclic) bond motifs is 2. The average molecular weight is 964 g/mol. The molecule has 6 aromatic rings. The van der Waals surface area contributed by atoms with Crippen LogP contribution in [0.25, 0.3) is 21.8 Å². The fourth-order valence-electron chi connectivity index (χ4n) is 8.55. The number of ether oxygens (including phenoxy) is 2. The van der Waals surface area contributed by atoms with Crippen LogP contribution in [0.1, 0.15) is 99.8 Å². The first-order valence-electron chi connectivity index (χ1n) is 22.7. The minimum absolute atomic E-state index is 0. The number of para-hydroxylation sites is 2. The van der Waals surface area contributed by atoms with Crippen LogP contribution < -0.4 is 5.32 Å². The third kappa shape index (κ3) is 14.1. The quantitative estimate of drug-likeness (QED) is 0.0768. The van der Waals surface area contributed by atoms with E-state index in [2.05, 4.69) is 47.8 Å². The van der Waals surface area contributed by atoms with Crippen LogP contribution in [0.5, 0.6) is 0 Å². The van der Waals surface area contributed by atoms with Crippen molar-refractivity contribution in [2.75, 3.05) is 66.6 Å². The normalized spacial score (nSPS) is 15.8. The molecule has 4 aromatic carbocycles. The molecule has 0 aliphatic carbocycles. The van der Waals surface area contributed by atoms with Crippen molar-refractivity contribution in [3.8, 4) is 0 Å². The Morgan fingerprint density at radius 3 is 1.61 bits per heavy atom. The lowest BCUT2D eigenvalue weighted by Gasteiger charge is -2.35. The molecule has 0 radical (unpaired) electrons. The number of nitrogens with one attached hydrogen (secondary N) is 3. The molecule has 2 unspecified atom stereocenters. The Morgan fingerprint density at radius 1 is 0.667 bits per heavy atom. The van der Waals surface area contributed by atoms with E-state index in [1.54, 1.807) is 12.1 Å². The zero-order chi connectivity index (χ0) is 46.1. The molecule has 12 nitrogen and oxygen atoms in total. The first kappa shape index (κ1) is 51.2. The molecular weight excluding hydrogens is 897 g/mol. The topological polar surface area (TPSA) is 140 Å². The number of piperidine rings is 2. The van der Waals surface area contributed by atoms with Gasteiger partial charge < -0.3 is 34.6 Å². The van der Waals surface area contributed by atoms with E-state index in [0.717, 1.165) is 97.9 Å². The van der Waals surface area contributed by atoms with Gasteiger partial charge in [-0.1, -0.05) is 84.0 Å². The lowest BCUT2D eigenvalue weighted by molar-refractivity contribution is 0.0592. The number of nitrogens with zero attached hydrogens (tertiary/aromatic N) is 3. The number of likely N-dealkylation sites (tertiary alicyclic amines) is 1. The van der Waals surface area contributed by atoms with Gasteiger partial charge in [0, 0.05) is 66.4 Å². The number of carbonyl (C=O) groups excluding carboxylic acids is 4. The number of aromatic amines is 2. The molecular formula is C53H67BrN6O6. The molecule has 2 amide bonds. The van der Waals surface area contributed by atoms with Gasteiger partial charge in [-0.2, -0.15) is 0 Å². The summed E-state index contributed by atoms with van der Waals surface area (Å²) in [6.07, 6.45) is 4.68. The summed E-state index contributed by atoms with van der Waals surface area (Å²) in [4.78, 5) is 61.3. The van der Waals surface area contributed by atoms with Crippen LogP contribution in [-0.4, -0.2) is 115 Å². The highest BCUT2D eigenvalue weighted by Crippen LogP contribution is 2.23. The molecule has 2 saturated heterocycles. The number of benzene rings is 4. The molecule has 2 aliphatic heterocycles. The Balaban J connectivity index is 0.000000206. The number of alkyl halides is 1. The van der Waals surface area contributed by atoms with Crippen molar-refractivity contribution < 1.29 is 28.7 Å².